The third-order valence-electron chi connectivity index (χ3n) is 2.28. The number of hydrogen-bond donors (Lipinski definition) is 1. The standard InChI is InChI=1S/C10H13F3N6/c1-6(2)3-8-15-9(7-4-14-18-16-7)19(17-8)5-10(11,12)13/h4,6H,3,5H2,1-2H3,(H,14,16,18). The molecular formula is C10H13F3N6. The molecule has 9 heteroatoms. The van der Waals surface area contributed by atoms with Gasteiger partial charge >= 0.3 is 6.18 Å². The van der Waals surface area contributed by atoms with Crippen molar-refractivity contribution in [3.63, 3.8) is 0 Å². The third-order valence-corrected chi connectivity index (χ3v) is 2.28. The van der Waals surface area contributed by atoms with E-state index in [1.54, 1.807) is 0 Å². The monoisotopic (exact) mass is 274 g/mol. The van der Waals surface area contributed by atoms with Crippen molar-refractivity contribution in [3.8, 4) is 11.5 Å². The molecular weight excluding hydrogens is 261 g/mol. The van der Waals surface area contributed by atoms with Crippen molar-refractivity contribution in [2.45, 2.75) is 33.0 Å². The van der Waals surface area contributed by atoms with Gasteiger partial charge in [0.2, 0.25) is 0 Å². The first kappa shape index (κ1) is 13.5. The number of aromatic nitrogens is 6. The molecule has 0 aromatic carbocycles. The predicted molar refractivity (Wildman–Crippen MR) is 60.0 cm³/mol. The fraction of sp³-hybridized carbons (Fsp3) is 0.600. The second-order valence-corrected chi connectivity index (χ2v) is 4.58. The number of halogens is 3. The number of rotatable bonds is 4. The number of nitrogens with zero attached hydrogens (tertiary/aromatic N) is 5. The minimum atomic E-state index is -4.36. The smallest absolute Gasteiger partial charge is 0.235 e. The summed E-state index contributed by atoms with van der Waals surface area (Å²) in [6.45, 7) is 2.70. The van der Waals surface area contributed by atoms with Crippen molar-refractivity contribution in [2.24, 2.45) is 5.92 Å². The van der Waals surface area contributed by atoms with Gasteiger partial charge < -0.3 is 0 Å². The van der Waals surface area contributed by atoms with E-state index in [1.165, 1.54) is 6.20 Å². The Hall–Kier alpha value is -1.93. The predicted octanol–water partition coefficient (Wildman–Crippen LogP) is 1.82. The van der Waals surface area contributed by atoms with E-state index in [0.717, 1.165) is 4.68 Å². The molecule has 0 fully saturated rings. The molecule has 19 heavy (non-hydrogen) atoms. The summed E-state index contributed by atoms with van der Waals surface area (Å²) in [4.78, 5) is 4.11. The summed E-state index contributed by atoms with van der Waals surface area (Å²) >= 11 is 0. The van der Waals surface area contributed by atoms with E-state index in [2.05, 4.69) is 25.5 Å². The van der Waals surface area contributed by atoms with Crippen molar-refractivity contribution in [2.75, 3.05) is 0 Å². The van der Waals surface area contributed by atoms with Crippen LogP contribution < -0.4 is 0 Å². The molecule has 0 radical (unpaired) electrons. The number of nitrogens with one attached hydrogen (secondary N) is 1. The molecule has 0 saturated carbocycles. The minimum absolute atomic E-state index is 0.0710. The van der Waals surface area contributed by atoms with Crippen LogP contribution in [0, 0.1) is 5.92 Å². The van der Waals surface area contributed by atoms with Crippen LogP contribution in [0.3, 0.4) is 0 Å². The molecule has 0 bridgehead atoms. The Bertz CT molecular complexity index is 528. The van der Waals surface area contributed by atoms with Gasteiger partial charge in [0.1, 0.15) is 12.2 Å². The molecule has 0 aliphatic heterocycles. The van der Waals surface area contributed by atoms with Crippen LogP contribution in [0.5, 0.6) is 0 Å². The van der Waals surface area contributed by atoms with Gasteiger partial charge in [0, 0.05) is 6.42 Å². The zero-order valence-corrected chi connectivity index (χ0v) is 10.4. The Morgan fingerprint density at radius 1 is 1.37 bits per heavy atom. The SMILES string of the molecule is CC(C)Cc1nc(-c2cn[nH]n2)n(CC(F)(F)F)n1. The van der Waals surface area contributed by atoms with E-state index in [-0.39, 0.29) is 17.4 Å². The van der Waals surface area contributed by atoms with E-state index in [0.29, 0.717) is 12.2 Å². The summed E-state index contributed by atoms with van der Waals surface area (Å²) in [5.41, 5.74) is 0.242. The van der Waals surface area contributed by atoms with Crippen LogP contribution in [0.25, 0.3) is 11.5 Å². The Labute approximate surface area is 107 Å². The molecule has 0 spiro atoms. The topological polar surface area (TPSA) is 72.3 Å². The van der Waals surface area contributed by atoms with Gasteiger partial charge in [-0.15, -0.1) is 0 Å². The molecule has 2 aromatic heterocycles. The van der Waals surface area contributed by atoms with Crippen molar-refractivity contribution in [3.05, 3.63) is 12.0 Å². The van der Waals surface area contributed by atoms with Gasteiger partial charge in [0.15, 0.2) is 11.6 Å². The summed E-state index contributed by atoms with van der Waals surface area (Å²) in [5, 5.41) is 13.6. The highest BCUT2D eigenvalue weighted by Gasteiger charge is 2.31. The molecule has 6 nitrogen and oxygen atoms in total. The van der Waals surface area contributed by atoms with Crippen LogP contribution in [-0.4, -0.2) is 36.4 Å². The molecule has 0 atom stereocenters. The summed E-state index contributed by atoms with van der Waals surface area (Å²) in [6, 6.07) is 0. The molecule has 1 N–H and O–H groups in total. The number of H-pyrrole nitrogens is 1. The zero-order chi connectivity index (χ0) is 14.0. The second kappa shape index (κ2) is 4.98. The highest BCUT2D eigenvalue weighted by molar-refractivity contribution is 5.46. The minimum Gasteiger partial charge on any atom is -0.235 e. The van der Waals surface area contributed by atoms with Crippen LogP contribution in [0.15, 0.2) is 6.20 Å². The van der Waals surface area contributed by atoms with Crippen molar-refractivity contribution in [1.82, 2.24) is 30.2 Å². The molecule has 2 rings (SSSR count). The average molecular weight is 274 g/mol. The van der Waals surface area contributed by atoms with Crippen molar-refractivity contribution < 1.29 is 13.2 Å². The summed E-state index contributed by atoms with van der Waals surface area (Å²) in [7, 11) is 0. The maximum atomic E-state index is 12.5. The van der Waals surface area contributed by atoms with Crippen LogP contribution in [0.2, 0.25) is 0 Å². The van der Waals surface area contributed by atoms with Crippen LogP contribution in [0.1, 0.15) is 19.7 Å². The largest absolute Gasteiger partial charge is 0.408 e. The van der Waals surface area contributed by atoms with E-state index in [4.69, 9.17) is 0 Å². The molecule has 0 aliphatic carbocycles. The van der Waals surface area contributed by atoms with Gasteiger partial charge in [-0.1, -0.05) is 13.8 Å². The lowest BCUT2D eigenvalue weighted by Gasteiger charge is -2.07. The Balaban J connectivity index is 2.36. The number of aromatic amines is 1. The third kappa shape index (κ3) is 3.52. The van der Waals surface area contributed by atoms with Crippen LogP contribution in [-0.2, 0) is 13.0 Å². The van der Waals surface area contributed by atoms with E-state index in [9.17, 15) is 13.2 Å². The lowest BCUT2D eigenvalue weighted by molar-refractivity contribution is -0.142. The van der Waals surface area contributed by atoms with Gasteiger partial charge in [-0.3, -0.25) is 0 Å². The zero-order valence-electron chi connectivity index (χ0n) is 10.4. The van der Waals surface area contributed by atoms with E-state index >= 15 is 0 Å². The second-order valence-electron chi connectivity index (χ2n) is 4.58. The quantitative estimate of drug-likeness (QED) is 0.923. The Morgan fingerprint density at radius 3 is 2.63 bits per heavy atom. The van der Waals surface area contributed by atoms with Gasteiger partial charge in [-0.25, -0.2) is 9.67 Å². The maximum absolute atomic E-state index is 12.5. The molecule has 0 amide bonds. The first-order valence-electron chi connectivity index (χ1n) is 5.72. The number of alkyl halides is 3. The normalized spacial score (nSPS) is 12.3. The lowest BCUT2D eigenvalue weighted by Crippen LogP contribution is -2.19. The number of hydrogen-bond acceptors (Lipinski definition) is 4. The summed E-state index contributed by atoms with van der Waals surface area (Å²) < 4.78 is 38.3. The van der Waals surface area contributed by atoms with Gasteiger partial charge in [0.25, 0.3) is 0 Å². The Kier molecular flexibility index (Phi) is 3.54. The molecule has 104 valence electrons. The summed E-state index contributed by atoms with van der Waals surface area (Å²) in [6.07, 6.45) is -2.53. The van der Waals surface area contributed by atoms with E-state index in [1.807, 2.05) is 13.8 Å². The fourth-order valence-electron chi connectivity index (χ4n) is 1.62. The highest BCUT2D eigenvalue weighted by Crippen LogP contribution is 2.22. The Morgan fingerprint density at radius 2 is 2.11 bits per heavy atom. The molecule has 2 heterocycles. The van der Waals surface area contributed by atoms with Gasteiger partial charge in [-0.05, 0) is 5.92 Å². The maximum Gasteiger partial charge on any atom is 0.408 e. The molecule has 0 aliphatic rings. The summed E-state index contributed by atoms with van der Waals surface area (Å²) in [5.74, 6) is 0.700. The van der Waals surface area contributed by atoms with Crippen molar-refractivity contribution >= 4 is 0 Å². The van der Waals surface area contributed by atoms with Gasteiger partial charge in [-0.2, -0.15) is 33.7 Å². The van der Waals surface area contributed by atoms with Gasteiger partial charge in [0.05, 0.1) is 6.20 Å². The van der Waals surface area contributed by atoms with Crippen LogP contribution >= 0.6 is 0 Å². The first-order chi connectivity index (χ1) is 8.85. The fourth-order valence-corrected chi connectivity index (χ4v) is 1.62. The average Bonchev–Trinajstić information content (AvgIpc) is 2.83. The molecule has 2 aromatic rings. The van der Waals surface area contributed by atoms with E-state index < -0.39 is 12.7 Å². The lowest BCUT2D eigenvalue weighted by atomic mass is 10.1. The van der Waals surface area contributed by atoms with Crippen molar-refractivity contribution in [1.29, 1.82) is 0 Å². The van der Waals surface area contributed by atoms with Crippen LogP contribution in [0.4, 0.5) is 13.2 Å². The molecule has 0 saturated heterocycles. The molecule has 0 unspecified atom stereocenters. The first-order valence-corrected chi connectivity index (χ1v) is 5.72. The highest BCUT2D eigenvalue weighted by atomic mass is 19.4.